The van der Waals surface area contributed by atoms with Gasteiger partial charge in [0.2, 0.25) is 5.91 Å². The van der Waals surface area contributed by atoms with E-state index in [1.807, 2.05) is 60.7 Å². The van der Waals surface area contributed by atoms with Crippen molar-refractivity contribution in [3.05, 3.63) is 95.9 Å². The topological polar surface area (TPSA) is 62.6 Å². The summed E-state index contributed by atoms with van der Waals surface area (Å²) in [5.41, 5.74) is 1.91. The molecule has 1 heterocycles. The average molecular weight is 431 g/mol. The second-order valence-corrected chi connectivity index (χ2v) is 8.37. The predicted octanol–water partition coefficient (Wildman–Crippen LogP) is 5.15. The first-order chi connectivity index (χ1) is 15.7. The Morgan fingerprint density at radius 3 is 2.25 bits per heavy atom. The minimum atomic E-state index is -0.723. The second kappa shape index (κ2) is 10.8. The van der Waals surface area contributed by atoms with Gasteiger partial charge in [0.15, 0.2) is 5.76 Å². The molecule has 3 aromatic rings. The van der Waals surface area contributed by atoms with E-state index in [1.54, 1.807) is 17.0 Å². The lowest BCUT2D eigenvalue weighted by Gasteiger charge is -2.33. The third kappa shape index (κ3) is 5.47. The van der Waals surface area contributed by atoms with Gasteiger partial charge in [0, 0.05) is 12.6 Å². The van der Waals surface area contributed by atoms with Crippen LogP contribution in [0.1, 0.15) is 59.8 Å². The van der Waals surface area contributed by atoms with E-state index >= 15 is 0 Å². The zero-order valence-corrected chi connectivity index (χ0v) is 18.3. The van der Waals surface area contributed by atoms with Gasteiger partial charge in [0.1, 0.15) is 6.04 Å². The van der Waals surface area contributed by atoms with Crippen LogP contribution in [-0.2, 0) is 11.2 Å². The van der Waals surface area contributed by atoms with Crippen molar-refractivity contribution >= 4 is 11.8 Å². The van der Waals surface area contributed by atoms with Gasteiger partial charge in [-0.1, -0.05) is 79.9 Å². The highest BCUT2D eigenvalue weighted by Gasteiger charge is 2.34. The molecule has 1 saturated carbocycles. The molecule has 1 aromatic heterocycles. The Kier molecular flexibility index (Phi) is 7.38. The van der Waals surface area contributed by atoms with Crippen molar-refractivity contribution in [3.63, 3.8) is 0 Å². The number of carbonyl (C=O) groups excluding carboxylic acids is 2. The largest absolute Gasteiger partial charge is 0.459 e. The van der Waals surface area contributed by atoms with Crippen molar-refractivity contribution in [2.24, 2.45) is 0 Å². The smallest absolute Gasteiger partial charge is 0.290 e. The van der Waals surface area contributed by atoms with E-state index in [0.29, 0.717) is 13.0 Å². The van der Waals surface area contributed by atoms with Gasteiger partial charge in [-0.3, -0.25) is 9.59 Å². The average Bonchev–Trinajstić information content (AvgIpc) is 3.38. The summed E-state index contributed by atoms with van der Waals surface area (Å²) < 4.78 is 5.42. The van der Waals surface area contributed by atoms with Gasteiger partial charge < -0.3 is 14.6 Å². The first-order valence-electron chi connectivity index (χ1n) is 11.5. The first kappa shape index (κ1) is 21.9. The number of rotatable bonds is 8. The summed E-state index contributed by atoms with van der Waals surface area (Å²) in [5.74, 6) is -0.167. The lowest BCUT2D eigenvalue weighted by molar-refractivity contribution is -0.126. The first-order valence-corrected chi connectivity index (χ1v) is 11.5. The Morgan fingerprint density at radius 1 is 0.906 bits per heavy atom. The molecule has 0 saturated heterocycles. The highest BCUT2D eigenvalue weighted by molar-refractivity contribution is 5.96. The van der Waals surface area contributed by atoms with E-state index in [4.69, 9.17) is 4.42 Å². The van der Waals surface area contributed by atoms with Crippen LogP contribution >= 0.6 is 0 Å². The zero-order chi connectivity index (χ0) is 22.2. The molecule has 2 aromatic carbocycles. The number of benzene rings is 2. The molecule has 1 fully saturated rings. The molecular weight excluding hydrogens is 400 g/mol. The van der Waals surface area contributed by atoms with Crippen molar-refractivity contribution in [2.45, 2.75) is 50.6 Å². The number of amides is 2. The van der Waals surface area contributed by atoms with Crippen molar-refractivity contribution in [1.82, 2.24) is 10.2 Å². The summed E-state index contributed by atoms with van der Waals surface area (Å²) in [6.07, 6.45) is 7.59. The zero-order valence-electron chi connectivity index (χ0n) is 18.3. The number of hydrogen-bond donors (Lipinski definition) is 1. The van der Waals surface area contributed by atoms with Gasteiger partial charge in [-0.2, -0.15) is 0 Å². The third-order valence-electron chi connectivity index (χ3n) is 6.10. The normalized spacial score (nSPS) is 15.1. The van der Waals surface area contributed by atoms with Gasteiger partial charge in [-0.05, 0) is 42.5 Å². The number of nitrogens with one attached hydrogen (secondary N) is 1. The van der Waals surface area contributed by atoms with Gasteiger partial charge in [0.05, 0.1) is 6.26 Å². The fourth-order valence-corrected chi connectivity index (χ4v) is 4.42. The number of carbonyl (C=O) groups is 2. The Bertz CT molecular complexity index is 980. The van der Waals surface area contributed by atoms with E-state index in [9.17, 15) is 9.59 Å². The molecule has 0 aliphatic heterocycles. The summed E-state index contributed by atoms with van der Waals surface area (Å²) in [5, 5.41) is 3.23. The van der Waals surface area contributed by atoms with Crippen molar-refractivity contribution in [1.29, 1.82) is 0 Å². The van der Waals surface area contributed by atoms with Crippen molar-refractivity contribution < 1.29 is 14.0 Å². The minimum absolute atomic E-state index is 0.129. The lowest BCUT2D eigenvalue weighted by atomic mass is 9.94. The quantitative estimate of drug-likeness (QED) is 0.537. The minimum Gasteiger partial charge on any atom is -0.459 e. The predicted molar refractivity (Wildman–Crippen MR) is 124 cm³/mol. The van der Waals surface area contributed by atoms with Gasteiger partial charge in [-0.15, -0.1) is 0 Å². The van der Waals surface area contributed by atoms with Crippen LogP contribution < -0.4 is 5.32 Å². The molecule has 1 aliphatic carbocycles. The molecule has 1 atom stereocenters. The molecule has 0 unspecified atom stereocenters. The highest BCUT2D eigenvalue weighted by Crippen LogP contribution is 2.26. The monoisotopic (exact) mass is 430 g/mol. The fraction of sp³-hybridized carbons (Fsp3) is 0.333. The molecule has 0 bridgehead atoms. The molecule has 2 amide bonds. The van der Waals surface area contributed by atoms with Crippen LogP contribution in [0.4, 0.5) is 0 Å². The van der Waals surface area contributed by atoms with E-state index in [0.717, 1.165) is 36.8 Å². The standard InChI is InChI=1S/C27H30N2O3/c30-26(28-23-15-8-3-9-16-23)25(22-13-6-2-7-14-22)29(27(31)24-17-10-20-32-24)19-18-21-11-4-1-5-12-21/h1-2,4-7,10-14,17,20,23,25H,3,8-9,15-16,18-19H2,(H,28,30)/t25-/m1/s1. The highest BCUT2D eigenvalue weighted by atomic mass is 16.3. The SMILES string of the molecule is O=C(NC1CCCCC1)[C@@H](c1ccccc1)N(CCc1ccccc1)C(=O)c1ccco1. The van der Waals surface area contributed by atoms with Crippen LogP contribution in [0.25, 0.3) is 0 Å². The maximum Gasteiger partial charge on any atom is 0.290 e. The molecule has 1 aliphatic rings. The molecule has 166 valence electrons. The molecule has 5 heteroatoms. The molecule has 4 rings (SSSR count). The Morgan fingerprint density at radius 2 is 1.59 bits per heavy atom. The molecule has 32 heavy (non-hydrogen) atoms. The molecular formula is C27H30N2O3. The van der Waals surface area contributed by atoms with Crippen molar-refractivity contribution in [2.75, 3.05) is 6.54 Å². The third-order valence-corrected chi connectivity index (χ3v) is 6.10. The van der Waals surface area contributed by atoms with Crippen LogP contribution in [0.15, 0.2) is 83.5 Å². The van der Waals surface area contributed by atoms with Gasteiger partial charge in [-0.25, -0.2) is 0 Å². The van der Waals surface area contributed by atoms with Crippen LogP contribution in [-0.4, -0.2) is 29.3 Å². The Labute approximate surface area is 189 Å². The van der Waals surface area contributed by atoms with Gasteiger partial charge >= 0.3 is 0 Å². The van der Waals surface area contributed by atoms with E-state index in [-0.39, 0.29) is 23.6 Å². The second-order valence-electron chi connectivity index (χ2n) is 8.37. The number of furan rings is 1. The fourth-order valence-electron chi connectivity index (χ4n) is 4.42. The molecule has 0 spiro atoms. The molecule has 0 radical (unpaired) electrons. The Hall–Kier alpha value is -3.34. The molecule has 5 nitrogen and oxygen atoms in total. The maximum absolute atomic E-state index is 13.6. The Balaban J connectivity index is 1.64. The van der Waals surface area contributed by atoms with E-state index in [2.05, 4.69) is 5.32 Å². The summed E-state index contributed by atoms with van der Waals surface area (Å²) in [7, 11) is 0. The van der Waals surface area contributed by atoms with Crippen molar-refractivity contribution in [3.8, 4) is 0 Å². The van der Waals surface area contributed by atoms with Crippen LogP contribution in [0.5, 0.6) is 0 Å². The van der Waals surface area contributed by atoms with E-state index < -0.39 is 6.04 Å². The molecule has 1 N–H and O–H groups in total. The maximum atomic E-state index is 13.6. The summed E-state index contributed by atoms with van der Waals surface area (Å²) in [6.45, 7) is 0.404. The number of nitrogens with zero attached hydrogens (tertiary/aromatic N) is 1. The van der Waals surface area contributed by atoms with Crippen LogP contribution in [0, 0.1) is 0 Å². The number of hydrogen-bond acceptors (Lipinski definition) is 3. The van der Waals surface area contributed by atoms with Crippen LogP contribution in [0.3, 0.4) is 0 Å². The summed E-state index contributed by atoms with van der Waals surface area (Å²) >= 11 is 0. The summed E-state index contributed by atoms with van der Waals surface area (Å²) in [6, 6.07) is 22.4. The summed E-state index contributed by atoms with van der Waals surface area (Å²) in [4.78, 5) is 28.7. The van der Waals surface area contributed by atoms with Gasteiger partial charge in [0.25, 0.3) is 5.91 Å². The van der Waals surface area contributed by atoms with Crippen LogP contribution in [0.2, 0.25) is 0 Å². The lowest BCUT2D eigenvalue weighted by Crippen LogP contribution is -2.47. The van der Waals surface area contributed by atoms with E-state index in [1.165, 1.54) is 12.7 Å².